The second-order valence-corrected chi connectivity index (χ2v) is 6.91. The molecule has 168 valence electrons. The summed E-state index contributed by atoms with van der Waals surface area (Å²) in [5.74, 6) is 1.69. The highest BCUT2D eigenvalue weighted by atomic mass is 16.5. The summed E-state index contributed by atoms with van der Waals surface area (Å²) in [4.78, 5) is 23.7. The van der Waals surface area contributed by atoms with Gasteiger partial charge in [-0.15, -0.1) is 0 Å². The van der Waals surface area contributed by atoms with Crippen molar-refractivity contribution in [2.75, 3.05) is 31.0 Å². The van der Waals surface area contributed by atoms with Gasteiger partial charge in [0.05, 0.1) is 12.0 Å². The molecular weight excluding hydrogens is 422 g/mol. The SMILES string of the molecule is C=CC(=O)Nc1cccc(Oc2nc(Nc3ccc(OCCOC)cc3)nc3[nH]ccc23)c1. The predicted octanol–water partition coefficient (Wildman–Crippen LogP) is 4.64. The van der Waals surface area contributed by atoms with Gasteiger partial charge in [0.1, 0.15) is 23.8 Å². The summed E-state index contributed by atoms with van der Waals surface area (Å²) in [6.45, 7) is 4.46. The molecule has 0 aliphatic heterocycles. The number of hydrogen-bond acceptors (Lipinski definition) is 7. The van der Waals surface area contributed by atoms with E-state index in [1.54, 1.807) is 37.6 Å². The van der Waals surface area contributed by atoms with Crippen LogP contribution in [0.4, 0.5) is 17.3 Å². The van der Waals surface area contributed by atoms with E-state index in [1.165, 1.54) is 6.08 Å². The fraction of sp³-hybridized carbons (Fsp3) is 0.125. The molecule has 0 bridgehead atoms. The number of nitrogens with zero attached hydrogens (tertiary/aromatic N) is 2. The van der Waals surface area contributed by atoms with Crippen molar-refractivity contribution in [2.45, 2.75) is 0 Å². The van der Waals surface area contributed by atoms with E-state index in [2.05, 4.69) is 32.2 Å². The Morgan fingerprint density at radius 2 is 1.91 bits per heavy atom. The van der Waals surface area contributed by atoms with Crippen LogP contribution in [0.5, 0.6) is 17.4 Å². The highest BCUT2D eigenvalue weighted by Gasteiger charge is 2.12. The molecule has 3 N–H and O–H groups in total. The third-order valence-electron chi connectivity index (χ3n) is 4.55. The average Bonchev–Trinajstić information content (AvgIpc) is 3.30. The molecular formula is C24H23N5O4. The van der Waals surface area contributed by atoms with E-state index in [1.807, 2.05) is 30.3 Å². The van der Waals surface area contributed by atoms with Crippen molar-refractivity contribution in [1.29, 1.82) is 0 Å². The number of carbonyl (C=O) groups is 1. The number of fused-ring (bicyclic) bond motifs is 1. The molecule has 2 heterocycles. The maximum atomic E-state index is 11.6. The van der Waals surface area contributed by atoms with Crippen molar-refractivity contribution in [3.63, 3.8) is 0 Å². The number of rotatable bonds is 10. The van der Waals surface area contributed by atoms with Crippen molar-refractivity contribution in [3.05, 3.63) is 73.4 Å². The molecule has 2 aromatic carbocycles. The highest BCUT2D eigenvalue weighted by molar-refractivity contribution is 5.99. The van der Waals surface area contributed by atoms with Gasteiger partial charge >= 0.3 is 0 Å². The zero-order valence-electron chi connectivity index (χ0n) is 18.0. The lowest BCUT2D eigenvalue weighted by Crippen LogP contribution is -2.07. The number of ether oxygens (including phenoxy) is 3. The van der Waals surface area contributed by atoms with E-state index in [4.69, 9.17) is 14.2 Å². The summed E-state index contributed by atoms with van der Waals surface area (Å²) in [6.07, 6.45) is 2.97. The molecule has 4 aromatic rings. The van der Waals surface area contributed by atoms with Crippen LogP contribution in [0.3, 0.4) is 0 Å². The van der Waals surface area contributed by atoms with Crippen molar-refractivity contribution >= 4 is 34.3 Å². The standard InChI is InChI=1S/C24H23N5O4/c1-3-21(30)26-17-5-4-6-19(15-17)33-23-20-11-12-25-22(20)28-24(29-23)27-16-7-9-18(10-8-16)32-14-13-31-2/h3-12,15H,1,13-14H2,2H3,(H,26,30)(H2,25,27,28,29). The van der Waals surface area contributed by atoms with Crippen molar-refractivity contribution in [3.8, 4) is 17.4 Å². The van der Waals surface area contributed by atoms with E-state index >= 15 is 0 Å². The molecule has 2 aromatic heterocycles. The maximum absolute atomic E-state index is 11.6. The summed E-state index contributed by atoms with van der Waals surface area (Å²) in [5, 5.41) is 6.62. The molecule has 0 unspecified atom stereocenters. The fourth-order valence-corrected chi connectivity index (χ4v) is 3.00. The fourth-order valence-electron chi connectivity index (χ4n) is 3.00. The monoisotopic (exact) mass is 445 g/mol. The predicted molar refractivity (Wildman–Crippen MR) is 126 cm³/mol. The van der Waals surface area contributed by atoms with E-state index in [9.17, 15) is 4.79 Å². The van der Waals surface area contributed by atoms with Gasteiger partial charge in [0.15, 0.2) is 0 Å². The van der Waals surface area contributed by atoms with Gasteiger partial charge in [-0.05, 0) is 48.5 Å². The normalized spacial score (nSPS) is 10.6. The van der Waals surface area contributed by atoms with Crippen LogP contribution in [0.25, 0.3) is 11.0 Å². The Balaban J connectivity index is 1.53. The summed E-state index contributed by atoms with van der Waals surface area (Å²) in [5.41, 5.74) is 2.00. The quantitative estimate of drug-likeness (QED) is 0.241. The number of aromatic nitrogens is 3. The van der Waals surface area contributed by atoms with Crippen LogP contribution in [0.1, 0.15) is 0 Å². The number of anilines is 3. The Kier molecular flexibility index (Phi) is 6.81. The van der Waals surface area contributed by atoms with Gasteiger partial charge in [-0.3, -0.25) is 4.79 Å². The molecule has 0 fully saturated rings. The minimum Gasteiger partial charge on any atom is -0.491 e. The van der Waals surface area contributed by atoms with Gasteiger partial charge in [-0.1, -0.05) is 12.6 Å². The molecule has 0 saturated heterocycles. The summed E-state index contributed by atoms with van der Waals surface area (Å²) < 4.78 is 16.6. The van der Waals surface area contributed by atoms with Crippen molar-refractivity contribution in [2.24, 2.45) is 0 Å². The molecule has 1 amide bonds. The number of H-pyrrole nitrogens is 1. The molecule has 0 atom stereocenters. The zero-order valence-corrected chi connectivity index (χ0v) is 18.0. The van der Waals surface area contributed by atoms with Crippen molar-refractivity contribution < 1.29 is 19.0 Å². The molecule has 33 heavy (non-hydrogen) atoms. The summed E-state index contributed by atoms with van der Waals surface area (Å²) >= 11 is 0. The van der Waals surface area contributed by atoms with Crippen LogP contribution in [-0.2, 0) is 9.53 Å². The molecule has 4 rings (SSSR count). The third-order valence-corrected chi connectivity index (χ3v) is 4.55. The minimum atomic E-state index is -0.302. The Morgan fingerprint density at radius 1 is 1.06 bits per heavy atom. The Hall–Kier alpha value is -4.37. The van der Waals surface area contributed by atoms with Crippen molar-refractivity contribution in [1.82, 2.24) is 15.0 Å². The second-order valence-electron chi connectivity index (χ2n) is 6.91. The minimum absolute atomic E-state index is 0.302. The number of nitrogens with one attached hydrogen (secondary N) is 3. The van der Waals surface area contributed by atoms with Crippen LogP contribution < -0.4 is 20.1 Å². The largest absolute Gasteiger partial charge is 0.491 e. The smallest absolute Gasteiger partial charge is 0.247 e. The third kappa shape index (κ3) is 5.66. The Bertz CT molecular complexity index is 1250. The first-order chi connectivity index (χ1) is 16.1. The van der Waals surface area contributed by atoms with Crippen LogP contribution >= 0.6 is 0 Å². The highest BCUT2D eigenvalue weighted by Crippen LogP contribution is 2.30. The first kappa shape index (κ1) is 21.8. The van der Waals surface area contributed by atoms with Crippen LogP contribution in [0.2, 0.25) is 0 Å². The second kappa shape index (κ2) is 10.3. The van der Waals surface area contributed by atoms with Crippen LogP contribution in [0, 0.1) is 0 Å². The lowest BCUT2D eigenvalue weighted by atomic mass is 10.3. The molecule has 0 aliphatic rings. The van der Waals surface area contributed by atoms with Crippen LogP contribution in [0.15, 0.2) is 73.4 Å². The number of methoxy groups -OCH3 is 1. The number of benzene rings is 2. The first-order valence-electron chi connectivity index (χ1n) is 10.2. The van der Waals surface area contributed by atoms with E-state index < -0.39 is 0 Å². The maximum Gasteiger partial charge on any atom is 0.247 e. The van der Waals surface area contributed by atoms with Gasteiger partial charge in [-0.25, -0.2) is 0 Å². The Morgan fingerprint density at radius 3 is 2.70 bits per heavy atom. The van der Waals surface area contributed by atoms with Gasteiger partial charge < -0.3 is 29.8 Å². The summed E-state index contributed by atoms with van der Waals surface area (Å²) in [6, 6.07) is 16.3. The van der Waals surface area contributed by atoms with E-state index in [0.29, 0.717) is 42.1 Å². The Labute approximate surface area is 190 Å². The van der Waals surface area contributed by atoms with E-state index in [0.717, 1.165) is 16.8 Å². The van der Waals surface area contributed by atoms with Gasteiger partial charge in [-0.2, -0.15) is 9.97 Å². The molecule has 0 radical (unpaired) electrons. The van der Waals surface area contributed by atoms with E-state index in [-0.39, 0.29) is 5.91 Å². The molecule has 0 aliphatic carbocycles. The average molecular weight is 445 g/mol. The number of carbonyl (C=O) groups excluding carboxylic acids is 1. The van der Waals surface area contributed by atoms with Gasteiger partial charge in [0.2, 0.25) is 17.7 Å². The van der Waals surface area contributed by atoms with Crippen LogP contribution in [-0.4, -0.2) is 41.2 Å². The lowest BCUT2D eigenvalue weighted by molar-refractivity contribution is -0.111. The number of hydrogen-bond donors (Lipinski definition) is 3. The zero-order chi connectivity index (χ0) is 23.0. The molecule has 0 saturated carbocycles. The lowest BCUT2D eigenvalue weighted by Gasteiger charge is -2.11. The molecule has 9 nitrogen and oxygen atoms in total. The van der Waals surface area contributed by atoms with Gasteiger partial charge in [0.25, 0.3) is 0 Å². The number of amides is 1. The van der Waals surface area contributed by atoms with Gasteiger partial charge in [0, 0.05) is 30.7 Å². The summed E-state index contributed by atoms with van der Waals surface area (Å²) in [7, 11) is 1.63. The molecule has 0 spiro atoms. The number of aromatic amines is 1. The molecule has 9 heteroatoms. The first-order valence-corrected chi connectivity index (χ1v) is 10.2. The topological polar surface area (TPSA) is 110 Å².